The zero-order valence-electron chi connectivity index (χ0n) is 7.58. The van der Waals surface area contributed by atoms with E-state index in [1.807, 2.05) is 5.38 Å². The minimum atomic E-state index is 0.801. The van der Waals surface area contributed by atoms with Crippen molar-refractivity contribution >= 4 is 50.0 Å². The highest BCUT2D eigenvalue weighted by Gasteiger charge is 2.11. The quantitative estimate of drug-likeness (QED) is 0.647. The van der Waals surface area contributed by atoms with Crippen molar-refractivity contribution in [2.45, 2.75) is 10.2 Å². The monoisotopic (exact) mass is 288 g/mol. The maximum atomic E-state index is 5.42. The maximum Gasteiger partial charge on any atom is 0.132 e. The summed E-state index contributed by atoms with van der Waals surface area (Å²) in [6.45, 7) is 0. The second-order valence-corrected chi connectivity index (χ2v) is 4.84. The van der Waals surface area contributed by atoms with Crippen LogP contribution in [0.3, 0.4) is 0 Å². The molecule has 1 heterocycles. The van der Waals surface area contributed by atoms with Gasteiger partial charge >= 0.3 is 0 Å². The average molecular weight is 289 g/mol. The molecular weight excluding hydrogens is 280 g/mol. The Morgan fingerprint density at radius 1 is 1.50 bits per heavy atom. The van der Waals surface area contributed by atoms with Gasteiger partial charge in [-0.2, -0.15) is 0 Å². The summed E-state index contributed by atoms with van der Waals surface area (Å²) >= 11 is 9.56. The van der Waals surface area contributed by atoms with Gasteiger partial charge in [-0.1, -0.05) is 22.0 Å². The first-order valence-corrected chi connectivity index (χ1v) is 6.54. The number of rotatable bonds is 2. The molecule has 0 aliphatic heterocycles. The van der Waals surface area contributed by atoms with Crippen LogP contribution in [0.4, 0.5) is 0 Å². The Bertz CT molecular complexity index is 464. The Kier molecular flexibility index (Phi) is 3.04. The molecule has 0 unspecified atom stereocenters. The number of hydrogen-bond donors (Lipinski definition) is 1. The van der Waals surface area contributed by atoms with E-state index in [0.717, 1.165) is 26.9 Å². The van der Waals surface area contributed by atoms with Gasteiger partial charge in [0.15, 0.2) is 0 Å². The van der Waals surface area contributed by atoms with Gasteiger partial charge in [0.05, 0.1) is 7.11 Å². The number of thiophene rings is 1. The van der Waals surface area contributed by atoms with Crippen LogP contribution in [0.1, 0.15) is 5.56 Å². The van der Waals surface area contributed by atoms with E-state index in [1.165, 1.54) is 4.70 Å². The summed E-state index contributed by atoms with van der Waals surface area (Å²) in [5.41, 5.74) is 1.16. The normalized spacial score (nSPS) is 10.8. The summed E-state index contributed by atoms with van der Waals surface area (Å²) in [6, 6.07) is 4.19. The molecule has 0 bridgehead atoms. The van der Waals surface area contributed by atoms with Crippen molar-refractivity contribution in [1.82, 2.24) is 0 Å². The summed E-state index contributed by atoms with van der Waals surface area (Å²) in [5, 5.41) is 3.96. The number of methoxy groups -OCH3 is 1. The van der Waals surface area contributed by atoms with E-state index in [9.17, 15) is 0 Å². The lowest BCUT2D eigenvalue weighted by molar-refractivity contribution is 0.416. The highest BCUT2D eigenvalue weighted by molar-refractivity contribution is 9.08. The molecule has 0 aliphatic rings. The van der Waals surface area contributed by atoms with E-state index in [-0.39, 0.29) is 0 Å². The fraction of sp³-hybridized carbons (Fsp3) is 0.200. The average Bonchev–Trinajstić information content (AvgIpc) is 2.59. The van der Waals surface area contributed by atoms with Crippen LogP contribution in [0.5, 0.6) is 5.75 Å². The van der Waals surface area contributed by atoms with Crippen LogP contribution in [-0.2, 0) is 5.33 Å². The van der Waals surface area contributed by atoms with E-state index in [1.54, 1.807) is 18.4 Å². The molecule has 0 N–H and O–H groups in total. The number of alkyl halides is 1. The van der Waals surface area contributed by atoms with Crippen LogP contribution in [0.15, 0.2) is 22.4 Å². The van der Waals surface area contributed by atoms with Gasteiger partial charge in [0.25, 0.3) is 0 Å². The standard InChI is InChI=1S/C10H9BrOS2/c1-12-10-6(4-11)2-3-8-9(10)7(13)5-14-8/h2-3,5,13H,4H2,1H3. The molecule has 0 spiro atoms. The number of halogens is 1. The van der Waals surface area contributed by atoms with Gasteiger partial charge < -0.3 is 4.74 Å². The summed E-state index contributed by atoms with van der Waals surface area (Å²) < 4.78 is 6.64. The number of thiol groups is 1. The first-order chi connectivity index (χ1) is 6.77. The molecule has 0 fully saturated rings. The van der Waals surface area contributed by atoms with E-state index in [0.29, 0.717) is 0 Å². The smallest absolute Gasteiger partial charge is 0.132 e. The molecule has 0 saturated heterocycles. The maximum absolute atomic E-state index is 5.42. The Labute approximate surface area is 101 Å². The third-order valence-corrected chi connectivity index (χ3v) is 4.18. The van der Waals surface area contributed by atoms with E-state index in [2.05, 4.69) is 40.7 Å². The molecule has 1 nitrogen and oxygen atoms in total. The Hall–Kier alpha value is -0.190. The van der Waals surface area contributed by atoms with E-state index in [4.69, 9.17) is 4.74 Å². The molecule has 0 radical (unpaired) electrons. The van der Waals surface area contributed by atoms with Crippen molar-refractivity contribution < 1.29 is 4.74 Å². The molecular formula is C10H9BrOS2. The Morgan fingerprint density at radius 3 is 2.93 bits per heavy atom. The molecule has 14 heavy (non-hydrogen) atoms. The van der Waals surface area contributed by atoms with Crippen molar-refractivity contribution in [3.8, 4) is 5.75 Å². The highest BCUT2D eigenvalue weighted by atomic mass is 79.9. The van der Waals surface area contributed by atoms with Crippen LogP contribution >= 0.6 is 39.9 Å². The summed E-state index contributed by atoms with van der Waals surface area (Å²) in [4.78, 5) is 0.990. The fourth-order valence-corrected chi connectivity index (χ4v) is 3.19. The molecule has 2 aromatic rings. The molecule has 0 amide bonds. The van der Waals surface area contributed by atoms with E-state index >= 15 is 0 Å². The highest BCUT2D eigenvalue weighted by Crippen LogP contribution is 2.38. The van der Waals surface area contributed by atoms with E-state index < -0.39 is 0 Å². The lowest BCUT2D eigenvalue weighted by Crippen LogP contribution is -1.89. The number of benzene rings is 1. The third kappa shape index (κ3) is 1.55. The SMILES string of the molecule is COc1c(CBr)ccc2scc(S)c12. The van der Waals surface area contributed by atoms with Gasteiger partial charge in [-0.15, -0.1) is 24.0 Å². The first-order valence-electron chi connectivity index (χ1n) is 4.10. The topological polar surface area (TPSA) is 9.23 Å². The molecule has 0 saturated carbocycles. The van der Waals surface area contributed by atoms with Gasteiger partial charge in [-0.3, -0.25) is 0 Å². The summed E-state index contributed by atoms with van der Waals surface area (Å²) in [7, 11) is 1.70. The van der Waals surface area contributed by atoms with Crippen LogP contribution in [0.2, 0.25) is 0 Å². The third-order valence-electron chi connectivity index (χ3n) is 2.10. The molecule has 4 heteroatoms. The van der Waals surface area contributed by atoms with Crippen molar-refractivity contribution in [3.63, 3.8) is 0 Å². The van der Waals surface area contributed by atoms with Crippen molar-refractivity contribution in [1.29, 1.82) is 0 Å². The molecule has 1 aromatic carbocycles. The Balaban J connectivity index is 2.81. The van der Waals surface area contributed by atoms with Crippen molar-refractivity contribution in [3.05, 3.63) is 23.1 Å². The number of hydrogen-bond acceptors (Lipinski definition) is 3. The molecule has 0 atom stereocenters. The lowest BCUT2D eigenvalue weighted by Gasteiger charge is -2.07. The zero-order chi connectivity index (χ0) is 10.1. The van der Waals surface area contributed by atoms with Crippen LogP contribution in [-0.4, -0.2) is 7.11 Å². The van der Waals surface area contributed by atoms with Gasteiger partial charge in [-0.25, -0.2) is 0 Å². The molecule has 2 rings (SSSR count). The van der Waals surface area contributed by atoms with Gasteiger partial charge in [0, 0.05) is 31.3 Å². The fourth-order valence-electron chi connectivity index (χ4n) is 1.47. The Morgan fingerprint density at radius 2 is 2.29 bits per heavy atom. The van der Waals surface area contributed by atoms with Gasteiger partial charge in [0.1, 0.15) is 5.75 Å². The van der Waals surface area contributed by atoms with Gasteiger partial charge in [-0.05, 0) is 6.07 Å². The molecule has 0 aliphatic carbocycles. The zero-order valence-corrected chi connectivity index (χ0v) is 10.9. The van der Waals surface area contributed by atoms with Crippen LogP contribution in [0.25, 0.3) is 10.1 Å². The largest absolute Gasteiger partial charge is 0.496 e. The summed E-state index contributed by atoms with van der Waals surface area (Å²) in [6.07, 6.45) is 0. The van der Waals surface area contributed by atoms with Crippen molar-refractivity contribution in [2.75, 3.05) is 7.11 Å². The molecule has 74 valence electrons. The summed E-state index contributed by atoms with van der Waals surface area (Å²) in [5.74, 6) is 0.936. The lowest BCUT2D eigenvalue weighted by atomic mass is 10.1. The van der Waals surface area contributed by atoms with Crippen LogP contribution < -0.4 is 4.74 Å². The van der Waals surface area contributed by atoms with Crippen LogP contribution in [0, 0.1) is 0 Å². The predicted octanol–water partition coefficient (Wildman–Crippen LogP) is 4.09. The second-order valence-electron chi connectivity index (χ2n) is 2.89. The first kappa shape index (κ1) is 10.3. The van der Waals surface area contributed by atoms with Crippen molar-refractivity contribution in [2.24, 2.45) is 0 Å². The number of fused-ring (bicyclic) bond motifs is 1. The minimum absolute atomic E-state index is 0.801. The number of ether oxygens (including phenoxy) is 1. The van der Waals surface area contributed by atoms with Gasteiger partial charge in [0.2, 0.25) is 0 Å². The molecule has 1 aromatic heterocycles. The predicted molar refractivity (Wildman–Crippen MR) is 68.3 cm³/mol. The minimum Gasteiger partial charge on any atom is -0.496 e. The second kappa shape index (κ2) is 4.13.